The number of carbonyl (C=O) groups excluding carboxylic acids is 2. The Morgan fingerprint density at radius 3 is 2.68 bits per heavy atom. The van der Waals surface area contributed by atoms with E-state index in [9.17, 15) is 9.59 Å². The molecule has 7 nitrogen and oxygen atoms in total. The molecule has 2 aliphatic rings. The van der Waals surface area contributed by atoms with Gasteiger partial charge in [-0.3, -0.25) is 9.69 Å². The summed E-state index contributed by atoms with van der Waals surface area (Å²) < 4.78 is 16.4. The van der Waals surface area contributed by atoms with Gasteiger partial charge in [0.15, 0.2) is 0 Å². The van der Waals surface area contributed by atoms with Gasteiger partial charge in [0, 0.05) is 25.6 Å². The van der Waals surface area contributed by atoms with Crippen LogP contribution in [0.15, 0.2) is 11.6 Å². The van der Waals surface area contributed by atoms with Gasteiger partial charge in [-0.05, 0) is 41.0 Å². The zero-order valence-corrected chi connectivity index (χ0v) is 16.1. The fourth-order valence-corrected chi connectivity index (χ4v) is 3.20. The van der Waals surface area contributed by atoms with E-state index in [1.807, 2.05) is 40.7 Å². The van der Waals surface area contributed by atoms with Crippen molar-refractivity contribution in [3.63, 3.8) is 0 Å². The van der Waals surface area contributed by atoms with Gasteiger partial charge in [0.2, 0.25) is 0 Å². The molecule has 0 radical (unpaired) electrons. The summed E-state index contributed by atoms with van der Waals surface area (Å²) in [6.07, 6.45) is 2.76. The molecule has 1 atom stereocenters. The van der Waals surface area contributed by atoms with Gasteiger partial charge in [0.1, 0.15) is 18.1 Å². The maximum atomic E-state index is 12.7. The van der Waals surface area contributed by atoms with Crippen molar-refractivity contribution in [2.45, 2.75) is 64.8 Å². The Hall–Kier alpha value is -1.60. The van der Waals surface area contributed by atoms with Crippen LogP contribution in [-0.4, -0.2) is 66.2 Å². The first-order valence-corrected chi connectivity index (χ1v) is 8.68. The number of carbonyl (C=O) groups is 2. The normalized spacial score (nSPS) is 23.7. The summed E-state index contributed by atoms with van der Waals surface area (Å²) in [4.78, 5) is 28.5. The van der Waals surface area contributed by atoms with Crippen LogP contribution in [0.4, 0.5) is 4.79 Å². The van der Waals surface area contributed by atoms with Gasteiger partial charge < -0.3 is 19.1 Å². The summed E-state index contributed by atoms with van der Waals surface area (Å²) in [5, 5.41) is 0. The van der Waals surface area contributed by atoms with E-state index >= 15 is 0 Å². The SMILES string of the molecule is COCN1CCC=C(C[C@@H]2COC(C)(C)N2C(=O)OC(C)(C)C)C1=O. The third-order valence-electron chi connectivity index (χ3n) is 4.26. The van der Waals surface area contributed by atoms with Crippen LogP contribution >= 0.6 is 0 Å². The molecule has 2 aliphatic heterocycles. The van der Waals surface area contributed by atoms with Gasteiger partial charge in [0.25, 0.3) is 5.91 Å². The number of hydrogen-bond donors (Lipinski definition) is 0. The first kappa shape index (κ1) is 19.7. The number of hydrogen-bond acceptors (Lipinski definition) is 5. The summed E-state index contributed by atoms with van der Waals surface area (Å²) in [5.41, 5.74) is -0.657. The lowest BCUT2D eigenvalue weighted by molar-refractivity contribution is -0.132. The van der Waals surface area contributed by atoms with Crippen molar-refractivity contribution in [3.05, 3.63) is 11.6 Å². The molecule has 1 saturated heterocycles. The highest BCUT2D eigenvalue weighted by molar-refractivity contribution is 5.94. The molecule has 2 amide bonds. The van der Waals surface area contributed by atoms with Crippen molar-refractivity contribution in [3.8, 4) is 0 Å². The average molecular weight is 354 g/mol. The Kier molecular flexibility index (Phi) is 5.79. The van der Waals surface area contributed by atoms with Crippen molar-refractivity contribution < 1.29 is 23.8 Å². The minimum absolute atomic E-state index is 0.0399. The topological polar surface area (TPSA) is 68.3 Å². The number of amides is 2. The van der Waals surface area contributed by atoms with Crippen molar-refractivity contribution in [1.29, 1.82) is 0 Å². The van der Waals surface area contributed by atoms with Gasteiger partial charge in [-0.2, -0.15) is 0 Å². The quantitative estimate of drug-likeness (QED) is 0.776. The maximum absolute atomic E-state index is 12.7. The highest BCUT2D eigenvalue weighted by atomic mass is 16.6. The number of ether oxygens (including phenoxy) is 3. The lowest BCUT2D eigenvalue weighted by atomic mass is 10.0. The van der Waals surface area contributed by atoms with Crippen LogP contribution in [-0.2, 0) is 19.0 Å². The lowest BCUT2D eigenvalue weighted by Gasteiger charge is -2.36. The minimum Gasteiger partial charge on any atom is -0.444 e. The number of methoxy groups -OCH3 is 1. The smallest absolute Gasteiger partial charge is 0.412 e. The monoisotopic (exact) mass is 354 g/mol. The van der Waals surface area contributed by atoms with Gasteiger partial charge in [0.05, 0.1) is 12.6 Å². The molecule has 0 unspecified atom stereocenters. The first-order valence-electron chi connectivity index (χ1n) is 8.68. The van der Waals surface area contributed by atoms with Crippen LogP contribution in [0.2, 0.25) is 0 Å². The second kappa shape index (κ2) is 7.33. The fraction of sp³-hybridized carbons (Fsp3) is 0.778. The molecule has 1 fully saturated rings. The molecular formula is C18H30N2O5. The molecule has 2 rings (SSSR count). The van der Waals surface area contributed by atoms with Crippen LogP contribution in [0.25, 0.3) is 0 Å². The highest BCUT2D eigenvalue weighted by Gasteiger charge is 2.46. The Labute approximate surface area is 149 Å². The highest BCUT2D eigenvalue weighted by Crippen LogP contribution is 2.33. The molecule has 0 N–H and O–H groups in total. The van der Waals surface area contributed by atoms with E-state index in [4.69, 9.17) is 14.2 Å². The largest absolute Gasteiger partial charge is 0.444 e. The van der Waals surface area contributed by atoms with E-state index in [2.05, 4.69) is 0 Å². The lowest BCUT2D eigenvalue weighted by Crippen LogP contribution is -2.50. The molecule has 0 spiro atoms. The second-order valence-electron chi connectivity index (χ2n) is 7.97. The number of rotatable bonds is 4. The Morgan fingerprint density at radius 2 is 2.08 bits per heavy atom. The maximum Gasteiger partial charge on any atom is 0.412 e. The third-order valence-corrected chi connectivity index (χ3v) is 4.26. The van der Waals surface area contributed by atoms with Gasteiger partial charge in [-0.25, -0.2) is 4.79 Å². The average Bonchev–Trinajstić information content (AvgIpc) is 2.76. The zero-order valence-electron chi connectivity index (χ0n) is 16.1. The van der Waals surface area contributed by atoms with E-state index in [0.29, 0.717) is 25.1 Å². The molecule has 0 saturated carbocycles. The third kappa shape index (κ3) is 4.73. The predicted molar refractivity (Wildman–Crippen MR) is 92.8 cm³/mol. The molecular weight excluding hydrogens is 324 g/mol. The van der Waals surface area contributed by atoms with E-state index < -0.39 is 17.4 Å². The van der Waals surface area contributed by atoms with E-state index in [1.165, 1.54) is 0 Å². The molecule has 7 heteroatoms. The Morgan fingerprint density at radius 1 is 1.40 bits per heavy atom. The zero-order chi connectivity index (χ0) is 18.8. The first-order chi connectivity index (χ1) is 11.5. The molecule has 0 aliphatic carbocycles. The van der Waals surface area contributed by atoms with Crippen molar-refractivity contribution in [2.75, 3.05) is 27.0 Å². The van der Waals surface area contributed by atoms with Gasteiger partial charge in [-0.1, -0.05) is 6.08 Å². The van der Waals surface area contributed by atoms with Crippen molar-refractivity contribution in [1.82, 2.24) is 9.80 Å². The molecule has 25 heavy (non-hydrogen) atoms. The summed E-state index contributed by atoms with van der Waals surface area (Å²) in [5.74, 6) is -0.0399. The summed E-state index contributed by atoms with van der Waals surface area (Å²) in [6.45, 7) is 10.5. The molecule has 142 valence electrons. The van der Waals surface area contributed by atoms with E-state index in [0.717, 1.165) is 6.42 Å². The Bertz CT molecular complexity index is 550. The summed E-state index contributed by atoms with van der Waals surface area (Å²) in [6, 6.07) is -0.234. The van der Waals surface area contributed by atoms with Crippen LogP contribution in [0, 0.1) is 0 Å². The van der Waals surface area contributed by atoms with Crippen molar-refractivity contribution >= 4 is 12.0 Å². The minimum atomic E-state index is -0.766. The molecule has 0 aromatic heterocycles. The van der Waals surface area contributed by atoms with Crippen LogP contribution in [0.1, 0.15) is 47.5 Å². The predicted octanol–water partition coefficient (Wildman–Crippen LogP) is 2.51. The molecule has 0 bridgehead atoms. The van der Waals surface area contributed by atoms with Gasteiger partial charge >= 0.3 is 6.09 Å². The summed E-state index contributed by atoms with van der Waals surface area (Å²) >= 11 is 0. The molecule has 0 aromatic rings. The fourth-order valence-electron chi connectivity index (χ4n) is 3.20. The van der Waals surface area contributed by atoms with Crippen LogP contribution < -0.4 is 0 Å². The number of nitrogens with zero attached hydrogens (tertiary/aromatic N) is 2. The van der Waals surface area contributed by atoms with Crippen molar-refractivity contribution in [2.24, 2.45) is 0 Å². The standard InChI is InChI=1S/C18H30N2O5/c1-17(2,3)25-16(22)20-14(11-24-18(20,4)5)10-13-8-7-9-19(12-23-6)15(13)21/h8,14H,7,9-12H2,1-6H3/t14-/m1/s1. The Balaban J connectivity index is 2.13. The molecule has 0 aromatic carbocycles. The van der Waals surface area contributed by atoms with E-state index in [1.54, 1.807) is 16.9 Å². The summed E-state index contributed by atoms with van der Waals surface area (Å²) in [7, 11) is 1.57. The van der Waals surface area contributed by atoms with Gasteiger partial charge in [-0.15, -0.1) is 0 Å². The molecule has 2 heterocycles. The van der Waals surface area contributed by atoms with E-state index in [-0.39, 0.29) is 18.7 Å². The van der Waals surface area contributed by atoms with Crippen LogP contribution in [0.5, 0.6) is 0 Å². The second-order valence-corrected chi connectivity index (χ2v) is 7.97. The van der Waals surface area contributed by atoms with Crippen LogP contribution in [0.3, 0.4) is 0 Å².